The molecule has 0 aliphatic carbocycles. The lowest BCUT2D eigenvalue weighted by Gasteiger charge is -2.10. The summed E-state index contributed by atoms with van der Waals surface area (Å²) >= 11 is 0. The molecule has 2 aromatic heterocycles. The zero-order chi connectivity index (χ0) is 20.2. The topological polar surface area (TPSA) is 80.9 Å². The molecule has 0 radical (unpaired) electrons. The molecule has 0 bridgehead atoms. The highest BCUT2D eigenvalue weighted by Gasteiger charge is 2.11. The van der Waals surface area contributed by atoms with E-state index in [0.717, 1.165) is 16.8 Å². The van der Waals surface area contributed by atoms with Crippen molar-refractivity contribution >= 4 is 17.4 Å². The molecule has 0 aliphatic rings. The number of halogens is 1. The highest BCUT2D eigenvalue weighted by Crippen LogP contribution is 2.28. The van der Waals surface area contributed by atoms with Crippen molar-refractivity contribution in [1.29, 1.82) is 0 Å². The Balaban J connectivity index is 1.67. The predicted molar refractivity (Wildman–Crippen MR) is 111 cm³/mol. The Kier molecular flexibility index (Phi) is 4.99. The Morgan fingerprint density at radius 2 is 1.55 bits per heavy atom. The van der Waals surface area contributed by atoms with Crippen LogP contribution in [0, 0.1) is 5.82 Å². The first kappa shape index (κ1) is 18.3. The van der Waals surface area contributed by atoms with Crippen LogP contribution in [0.4, 0.5) is 15.9 Å². The zero-order valence-electron chi connectivity index (χ0n) is 15.3. The van der Waals surface area contributed by atoms with Crippen molar-refractivity contribution in [2.45, 2.75) is 0 Å². The molecule has 2 heterocycles. The summed E-state index contributed by atoms with van der Waals surface area (Å²) in [5, 5.41) is 3.16. The number of nitrogens with zero attached hydrogens (tertiary/aromatic N) is 2. The lowest BCUT2D eigenvalue weighted by Crippen LogP contribution is -2.12. The minimum absolute atomic E-state index is 0.294. The van der Waals surface area contributed by atoms with Gasteiger partial charge in [0.15, 0.2) is 0 Å². The molecule has 2 aromatic carbocycles. The summed E-state index contributed by atoms with van der Waals surface area (Å²) in [5.74, 6) is -0.162. The van der Waals surface area contributed by atoms with Gasteiger partial charge in [-0.1, -0.05) is 18.2 Å². The molecule has 1 amide bonds. The largest absolute Gasteiger partial charge is 0.366 e. The van der Waals surface area contributed by atoms with Gasteiger partial charge in [0, 0.05) is 29.2 Å². The summed E-state index contributed by atoms with van der Waals surface area (Å²) in [5.41, 5.74) is 9.83. The number of aromatic nitrogens is 2. The van der Waals surface area contributed by atoms with Crippen molar-refractivity contribution in [1.82, 2.24) is 9.97 Å². The fraction of sp³-hybridized carbons (Fsp3) is 0. The van der Waals surface area contributed by atoms with Crippen LogP contribution in [-0.4, -0.2) is 15.9 Å². The van der Waals surface area contributed by atoms with Gasteiger partial charge in [0.1, 0.15) is 11.6 Å². The minimum atomic E-state index is -0.498. The average Bonchev–Trinajstić information content (AvgIpc) is 2.76. The van der Waals surface area contributed by atoms with Gasteiger partial charge in [-0.05, 0) is 65.7 Å². The first-order chi connectivity index (χ1) is 14.1. The molecule has 29 heavy (non-hydrogen) atoms. The molecular weight excluding hydrogens is 367 g/mol. The van der Waals surface area contributed by atoms with Gasteiger partial charge >= 0.3 is 0 Å². The maximum atomic E-state index is 13.1. The lowest BCUT2D eigenvalue weighted by molar-refractivity contribution is 0.100. The van der Waals surface area contributed by atoms with Crippen LogP contribution in [0.25, 0.3) is 22.4 Å². The maximum Gasteiger partial charge on any atom is 0.249 e. The van der Waals surface area contributed by atoms with E-state index in [9.17, 15) is 9.18 Å². The van der Waals surface area contributed by atoms with E-state index >= 15 is 0 Å². The number of nitrogens with one attached hydrogen (secondary N) is 1. The Morgan fingerprint density at radius 1 is 0.862 bits per heavy atom. The van der Waals surface area contributed by atoms with Crippen LogP contribution < -0.4 is 11.1 Å². The van der Waals surface area contributed by atoms with Crippen molar-refractivity contribution in [3.05, 3.63) is 96.6 Å². The molecule has 3 N–H and O–H groups in total. The van der Waals surface area contributed by atoms with Gasteiger partial charge < -0.3 is 11.1 Å². The van der Waals surface area contributed by atoms with Gasteiger partial charge in [0.2, 0.25) is 5.91 Å². The molecule has 4 rings (SSSR count). The van der Waals surface area contributed by atoms with Crippen LogP contribution in [0.1, 0.15) is 10.4 Å². The average molecular weight is 384 g/mol. The fourth-order valence-electron chi connectivity index (χ4n) is 3.04. The maximum absolute atomic E-state index is 13.1. The van der Waals surface area contributed by atoms with Gasteiger partial charge in [-0.2, -0.15) is 0 Å². The summed E-state index contributed by atoms with van der Waals surface area (Å²) in [6, 6.07) is 20.7. The quantitative estimate of drug-likeness (QED) is 0.518. The SMILES string of the molecule is NC(=O)c1ccccc1-c1cc(-c2ccnc(Nc3ccc(F)cc3)c2)ccn1. The third-order valence-corrected chi connectivity index (χ3v) is 4.44. The van der Waals surface area contributed by atoms with E-state index in [2.05, 4.69) is 15.3 Å². The van der Waals surface area contributed by atoms with E-state index in [4.69, 9.17) is 5.73 Å². The number of primary amides is 1. The molecule has 0 aliphatic heterocycles. The summed E-state index contributed by atoms with van der Waals surface area (Å²) in [7, 11) is 0. The van der Waals surface area contributed by atoms with Crippen molar-refractivity contribution < 1.29 is 9.18 Å². The summed E-state index contributed by atoms with van der Waals surface area (Å²) in [6.07, 6.45) is 3.38. The number of nitrogens with two attached hydrogens (primary N) is 1. The zero-order valence-corrected chi connectivity index (χ0v) is 15.3. The second-order valence-electron chi connectivity index (χ2n) is 6.40. The second-order valence-corrected chi connectivity index (χ2v) is 6.40. The standard InChI is InChI=1S/C23H17FN4O/c24-17-5-7-18(8-6-17)28-22-14-16(10-12-27-22)15-9-11-26-21(13-15)19-3-1-2-4-20(19)23(25)29/h1-14H,(H2,25,29)(H,27,28). The van der Waals surface area contributed by atoms with Crippen molar-refractivity contribution in [3.8, 4) is 22.4 Å². The molecule has 0 saturated heterocycles. The van der Waals surface area contributed by atoms with Gasteiger partial charge in [-0.3, -0.25) is 9.78 Å². The van der Waals surface area contributed by atoms with Crippen LogP contribution in [0.15, 0.2) is 85.2 Å². The minimum Gasteiger partial charge on any atom is -0.366 e. The summed E-state index contributed by atoms with van der Waals surface area (Å²) in [6.45, 7) is 0. The number of hydrogen-bond acceptors (Lipinski definition) is 4. The number of anilines is 2. The smallest absolute Gasteiger partial charge is 0.249 e. The third kappa shape index (κ3) is 4.11. The van der Waals surface area contributed by atoms with Gasteiger partial charge in [-0.25, -0.2) is 9.37 Å². The van der Waals surface area contributed by atoms with E-state index in [-0.39, 0.29) is 5.82 Å². The van der Waals surface area contributed by atoms with Crippen LogP contribution in [0.2, 0.25) is 0 Å². The van der Waals surface area contributed by atoms with Crippen LogP contribution in [-0.2, 0) is 0 Å². The Bertz CT molecular complexity index is 1180. The number of amides is 1. The molecule has 0 spiro atoms. The van der Waals surface area contributed by atoms with Gasteiger partial charge in [0.25, 0.3) is 0 Å². The first-order valence-corrected chi connectivity index (χ1v) is 8.94. The fourth-order valence-corrected chi connectivity index (χ4v) is 3.04. The van der Waals surface area contributed by atoms with Crippen molar-refractivity contribution in [2.24, 2.45) is 5.73 Å². The molecule has 4 aromatic rings. The number of rotatable bonds is 5. The number of carbonyl (C=O) groups excluding carboxylic acids is 1. The Hall–Kier alpha value is -4.06. The molecule has 0 atom stereocenters. The second kappa shape index (κ2) is 7.90. The van der Waals surface area contributed by atoms with Crippen molar-refractivity contribution in [3.63, 3.8) is 0 Å². The van der Waals surface area contributed by atoms with E-state index in [0.29, 0.717) is 22.6 Å². The van der Waals surface area contributed by atoms with Gasteiger partial charge in [0.05, 0.1) is 5.69 Å². The third-order valence-electron chi connectivity index (χ3n) is 4.44. The highest BCUT2D eigenvalue weighted by molar-refractivity contribution is 5.99. The van der Waals surface area contributed by atoms with Crippen LogP contribution in [0.5, 0.6) is 0 Å². The monoisotopic (exact) mass is 384 g/mol. The molecule has 6 heteroatoms. The molecule has 0 fully saturated rings. The Morgan fingerprint density at radius 3 is 2.31 bits per heavy atom. The van der Waals surface area contributed by atoms with E-state index < -0.39 is 5.91 Å². The summed E-state index contributed by atoms with van der Waals surface area (Å²) < 4.78 is 13.1. The van der Waals surface area contributed by atoms with Gasteiger partial charge in [-0.15, -0.1) is 0 Å². The first-order valence-electron chi connectivity index (χ1n) is 8.94. The van der Waals surface area contributed by atoms with Crippen LogP contribution in [0.3, 0.4) is 0 Å². The van der Waals surface area contributed by atoms with Crippen molar-refractivity contribution in [2.75, 3.05) is 5.32 Å². The number of benzene rings is 2. The van der Waals surface area contributed by atoms with Crippen LogP contribution >= 0.6 is 0 Å². The molecule has 0 unspecified atom stereocenters. The predicted octanol–water partition coefficient (Wildman–Crippen LogP) is 4.79. The normalized spacial score (nSPS) is 10.5. The summed E-state index contributed by atoms with van der Waals surface area (Å²) in [4.78, 5) is 20.5. The highest BCUT2D eigenvalue weighted by atomic mass is 19.1. The number of carbonyl (C=O) groups is 1. The molecule has 142 valence electrons. The molecule has 5 nitrogen and oxygen atoms in total. The lowest BCUT2D eigenvalue weighted by atomic mass is 10.0. The van der Waals surface area contributed by atoms with E-state index in [1.54, 1.807) is 36.7 Å². The van der Waals surface area contributed by atoms with E-state index in [1.165, 1.54) is 12.1 Å². The van der Waals surface area contributed by atoms with E-state index in [1.807, 2.05) is 36.4 Å². The molecular formula is C23H17FN4O. The molecule has 0 saturated carbocycles. The number of pyridine rings is 2. The number of hydrogen-bond donors (Lipinski definition) is 2. The Labute approximate surface area is 167 Å².